The minimum absolute atomic E-state index is 0.124. The summed E-state index contributed by atoms with van der Waals surface area (Å²) in [6, 6.07) is 7.61. The molecular weight excluding hydrogens is 246 g/mol. The summed E-state index contributed by atoms with van der Waals surface area (Å²) < 4.78 is 0. The Morgan fingerprint density at radius 1 is 1.39 bits per heavy atom. The van der Waals surface area contributed by atoms with Crippen molar-refractivity contribution in [1.82, 2.24) is 4.90 Å². The van der Waals surface area contributed by atoms with Gasteiger partial charge in [-0.05, 0) is 31.6 Å². The van der Waals surface area contributed by atoms with Crippen molar-refractivity contribution >= 4 is 17.3 Å². The summed E-state index contributed by atoms with van der Waals surface area (Å²) >= 11 is 5.99. The lowest BCUT2D eigenvalue weighted by Crippen LogP contribution is -2.34. The molecule has 0 spiro atoms. The number of nitriles is 1. The van der Waals surface area contributed by atoms with Crippen LogP contribution in [0.25, 0.3) is 0 Å². The van der Waals surface area contributed by atoms with E-state index in [1.165, 1.54) is 0 Å². The summed E-state index contributed by atoms with van der Waals surface area (Å²) in [6.07, 6.45) is 0. The predicted octanol–water partition coefficient (Wildman–Crippen LogP) is 3.21. The van der Waals surface area contributed by atoms with E-state index in [1.807, 2.05) is 12.1 Å². The molecule has 1 N–H and O–H groups in total. The zero-order valence-electron chi connectivity index (χ0n) is 11.4. The highest BCUT2D eigenvalue weighted by Gasteiger charge is 2.19. The molecule has 0 bridgehead atoms. The average Bonchev–Trinajstić information content (AvgIpc) is 2.24. The number of hydrogen-bond acceptors (Lipinski definition) is 3. The van der Waals surface area contributed by atoms with Gasteiger partial charge in [0, 0.05) is 13.1 Å². The van der Waals surface area contributed by atoms with E-state index < -0.39 is 0 Å². The Kier molecular flexibility index (Phi) is 5.01. The van der Waals surface area contributed by atoms with E-state index in [4.69, 9.17) is 16.9 Å². The lowest BCUT2D eigenvalue weighted by Gasteiger charge is -2.29. The van der Waals surface area contributed by atoms with Crippen LogP contribution in [-0.4, -0.2) is 32.1 Å². The van der Waals surface area contributed by atoms with Gasteiger partial charge in [0.2, 0.25) is 0 Å². The van der Waals surface area contributed by atoms with E-state index in [1.54, 1.807) is 6.07 Å². The van der Waals surface area contributed by atoms with Crippen LogP contribution in [0.4, 0.5) is 5.69 Å². The quantitative estimate of drug-likeness (QED) is 0.889. The second kappa shape index (κ2) is 6.08. The van der Waals surface area contributed by atoms with Crippen molar-refractivity contribution in [1.29, 1.82) is 5.26 Å². The van der Waals surface area contributed by atoms with E-state index in [0.29, 0.717) is 10.6 Å². The van der Waals surface area contributed by atoms with Gasteiger partial charge in [-0.1, -0.05) is 31.5 Å². The molecule has 0 aliphatic rings. The van der Waals surface area contributed by atoms with Gasteiger partial charge in [0.25, 0.3) is 0 Å². The largest absolute Gasteiger partial charge is 0.383 e. The number of halogens is 1. The molecule has 0 atom stereocenters. The number of nitrogens with one attached hydrogen (secondary N) is 1. The first kappa shape index (κ1) is 14.8. The molecule has 18 heavy (non-hydrogen) atoms. The molecule has 4 heteroatoms. The maximum absolute atomic E-state index is 9.09. The van der Waals surface area contributed by atoms with Gasteiger partial charge in [-0.3, -0.25) is 0 Å². The number of benzene rings is 1. The molecule has 0 heterocycles. The smallest absolute Gasteiger partial charge is 0.103 e. The molecular formula is C14H20ClN3. The first-order valence-corrected chi connectivity index (χ1v) is 6.31. The fourth-order valence-electron chi connectivity index (χ4n) is 2.03. The number of nitrogens with zero attached hydrogens (tertiary/aromatic N) is 2. The third kappa shape index (κ3) is 4.21. The van der Waals surface area contributed by atoms with Crippen molar-refractivity contribution < 1.29 is 0 Å². The van der Waals surface area contributed by atoms with Crippen molar-refractivity contribution in [3.63, 3.8) is 0 Å². The Labute approximate surface area is 114 Å². The van der Waals surface area contributed by atoms with Gasteiger partial charge in [-0.2, -0.15) is 5.26 Å². The van der Waals surface area contributed by atoms with Gasteiger partial charge in [-0.15, -0.1) is 0 Å². The fraction of sp³-hybridized carbons (Fsp3) is 0.500. The van der Waals surface area contributed by atoms with Gasteiger partial charge in [0.1, 0.15) is 6.07 Å². The zero-order valence-corrected chi connectivity index (χ0v) is 12.2. The summed E-state index contributed by atoms with van der Waals surface area (Å²) in [4.78, 5) is 2.16. The second-order valence-electron chi connectivity index (χ2n) is 5.53. The lowest BCUT2D eigenvalue weighted by molar-refractivity contribution is 0.254. The van der Waals surface area contributed by atoms with Gasteiger partial charge in [0.15, 0.2) is 0 Å². The summed E-state index contributed by atoms with van der Waals surface area (Å²) in [7, 11) is 4.11. The molecule has 0 aromatic heterocycles. The van der Waals surface area contributed by atoms with Gasteiger partial charge in [0.05, 0.1) is 16.3 Å². The highest BCUT2D eigenvalue weighted by Crippen LogP contribution is 2.25. The van der Waals surface area contributed by atoms with Crippen molar-refractivity contribution in [3.8, 4) is 6.07 Å². The standard InChI is InChI=1S/C14H20ClN3/c1-14(2,10-18(3)4)9-17-13-7-5-6-12(15)11(13)8-16/h5-7,17H,9-10H2,1-4H3. The van der Waals surface area contributed by atoms with Crippen LogP contribution >= 0.6 is 11.6 Å². The predicted molar refractivity (Wildman–Crippen MR) is 77.0 cm³/mol. The fourth-order valence-corrected chi connectivity index (χ4v) is 2.25. The molecule has 0 aliphatic carbocycles. The number of rotatable bonds is 5. The van der Waals surface area contributed by atoms with Crippen LogP contribution in [0.15, 0.2) is 18.2 Å². The minimum Gasteiger partial charge on any atom is -0.383 e. The summed E-state index contributed by atoms with van der Waals surface area (Å²) in [6.45, 7) is 6.15. The summed E-state index contributed by atoms with van der Waals surface area (Å²) in [5.74, 6) is 0. The summed E-state index contributed by atoms with van der Waals surface area (Å²) in [5.41, 5.74) is 1.44. The molecule has 0 amide bonds. The Morgan fingerprint density at radius 3 is 2.61 bits per heavy atom. The van der Waals surface area contributed by atoms with Crippen LogP contribution in [-0.2, 0) is 0 Å². The second-order valence-corrected chi connectivity index (χ2v) is 5.94. The molecule has 0 fully saturated rings. The number of hydrogen-bond donors (Lipinski definition) is 1. The Hall–Kier alpha value is -1.24. The normalized spacial score (nSPS) is 11.4. The molecule has 0 saturated carbocycles. The molecule has 3 nitrogen and oxygen atoms in total. The SMILES string of the molecule is CN(C)CC(C)(C)CNc1cccc(Cl)c1C#N. The highest BCUT2D eigenvalue weighted by atomic mass is 35.5. The highest BCUT2D eigenvalue weighted by molar-refractivity contribution is 6.32. The lowest BCUT2D eigenvalue weighted by atomic mass is 9.92. The maximum atomic E-state index is 9.09. The van der Waals surface area contributed by atoms with E-state index in [0.717, 1.165) is 18.8 Å². The average molecular weight is 266 g/mol. The first-order valence-electron chi connectivity index (χ1n) is 5.93. The van der Waals surface area contributed by atoms with E-state index in [-0.39, 0.29) is 5.41 Å². The van der Waals surface area contributed by atoms with Crippen LogP contribution in [0.3, 0.4) is 0 Å². The van der Waals surface area contributed by atoms with Crippen molar-refractivity contribution in [2.45, 2.75) is 13.8 Å². The first-order chi connectivity index (χ1) is 8.35. The third-order valence-corrected chi connectivity index (χ3v) is 2.94. The molecule has 98 valence electrons. The Balaban J connectivity index is 2.75. The Bertz CT molecular complexity index is 447. The maximum Gasteiger partial charge on any atom is 0.103 e. The molecule has 1 aromatic carbocycles. The van der Waals surface area contributed by atoms with Gasteiger partial charge < -0.3 is 10.2 Å². The van der Waals surface area contributed by atoms with Crippen LogP contribution in [0, 0.1) is 16.7 Å². The molecule has 0 unspecified atom stereocenters. The topological polar surface area (TPSA) is 39.1 Å². The molecule has 0 radical (unpaired) electrons. The Morgan fingerprint density at radius 2 is 2.06 bits per heavy atom. The molecule has 0 aliphatic heterocycles. The van der Waals surface area contributed by atoms with E-state index in [2.05, 4.69) is 44.2 Å². The van der Waals surface area contributed by atoms with Crippen LogP contribution in [0.1, 0.15) is 19.4 Å². The van der Waals surface area contributed by atoms with E-state index in [9.17, 15) is 0 Å². The van der Waals surface area contributed by atoms with Crippen molar-refractivity contribution in [3.05, 3.63) is 28.8 Å². The summed E-state index contributed by atoms with van der Waals surface area (Å²) in [5, 5.41) is 12.9. The third-order valence-electron chi connectivity index (χ3n) is 2.63. The van der Waals surface area contributed by atoms with Gasteiger partial charge in [-0.25, -0.2) is 0 Å². The molecule has 1 rings (SSSR count). The van der Waals surface area contributed by atoms with Crippen LogP contribution in [0.2, 0.25) is 5.02 Å². The van der Waals surface area contributed by atoms with Crippen LogP contribution in [0.5, 0.6) is 0 Å². The minimum atomic E-state index is 0.124. The van der Waals surface area contributed by atoms with Gasteiger partial charge >= 0.3 is 0 Å². The van der Waals surface area contributed by atoms with Crippen LogP contribution < -0.4 is 5.32 Å². The molecule has 0 saturated heterocycles. The number of anilines is 1. The molecule has 1 aromatic rings. The van der Waals surface area contributed by atoms with Crippen molar-refractivity contribution in [2.24, 2.45) is 5.41 Å². The van der Waals surface area contributed by atoms with E-state index >= 15 is 0 Å². The monoisotopic (exact) mass is 265 g/mol. The zero-order chi connectivity index (χ0) is 13.8. The van der Waals surface area contributed by atoms with Crippen molar-refractivity contribution in [2.75, 3.05) is 32.5 Å².